The fourth-order valence-corrected chi connectivity index (χ4v) is 7.74. The van der Waals surface area contributed by atoms with E-state index in [1.807, 2.05) is 58.0 Å². The van der Waals surface area contributed by atoms with E-state index >= 15 is 0 Å². The largest absolute Gasteiger partial charge is 0.548 e. The Bertz CT molecular complexity index is 1580. The van der Waals surface area contributed by atoms with Gasteiger partial charge in [0.05, 0.1) is 23.2 Å². The van der Waals surface area contributed by atoms with Gasteiger partial charge in [0.25, 0.3) is 5.01 Å². The number of nitrogens with zero attached hydrogens (tertiary/aromatic N) is 2. The lowest BCUT2D eigenvalue weighted by molar-refractivity contribution is -0.657. The van der Waals surface area contributed by atoms with Gasteiger partial charge >= 0.3 is 5.97 Å². The van der Waals surface area contributed by atoms with Gasteiger partial charge in [-0.25, -0.2) is 4.79 Å². The van der Waals surface area contributed by atoms with Gasteiger partial charge in [0, 0.05) is 17.0 Å². The number of carbonyl (C=O) groups excluding carboxylic acids is 1. The number of carboxylic acid groups (broad SMARTS) is 2. The number of para-hydroxylation sites is 2. The maximum atomic E-state index is 11.6. The van der Waals surface area contributed by atoms with Crippen LogP contribution in [0.1, 0.15) is 30.7 Å². The third-order valence-corrected chi connectivity index (χ3v) is 9.44. The molecule has 38 heavy (non-hydrogen) atoms. The third-order valence-electron chi connectivity index (χ3n) is 7.21. The number of thiazole rings is 1. The summed E-state index contributed by atoms with van der Waals surface area (Å²) in [5.74, 6) is -1.44. The zero-order valence-corrected chi connectivity index (χ0v) is 22.3. The number of hydrogen-bond acceptors (Lipinski definition) is 6. The zero-order valence-electron chi connectivity index (χ0n) is 20.6. The summed E-state index contributed by atoms with van der Waals surface area (Å²) in [5, 5.41) is 22.8. The van der Waals surface area contributed by atoms with Crippen molar-refractivity contribution in [3.05, 3.63) is 93.5 Å². The zero-order chi connectivity index (χ0) is 26.2. The summed E-state index contributed by atoms with van der Waals surface area (Å²) in [4.78, 5) is 25.9. The molecule has 0 fully saturated rings. The predicted octanol–water partition coefficient (Wildman–Crippen LogP) is 4.92. The molecule has 2 aliphatic carbocycles. The predicted molar refractivity (Wildman–Crippen MR) is 148 cm³/mol. The molecule has 2 heterocycles. The van der Waals surface area contributed by atoms with Crippen molar-refractivity contribution in [2.75, 3.05) is 11.4 Å². The molecular weight excluding hydrogens is 516 g/mol. The molecule has 1 atom stereocenters. The molecule has 0 bridgehead atoms. The number of benzene rings is 2. The molecular formula is C30H26N2O4S2. The summed E-state index contributed by atoms with van der Waals surface area (Å²) >= 11 is 3.21. The Balaban J connectivity index is 1.32. The number of thioether (sulfide) groups is 1. The topological polar surface area (TPSA) is 84.5 Å². The molecule has 1 aromatic heterocycles. The van der Waals surface area contributed by atoms with Gasteiger partial charge in [-0.2, -0.15) is 4.57 Å². The first-order valence-electron chi connectivity index (χ1n) is 12.7. The average molecular weight is 543 g/mol. The molecule has 1 unspecified atom stereocenters. The van der Waals surface area contributed by atoms with Crippen molar-refractivity contribution in [1.29, 1.82) is 0 Å². The first kappa shape index (κ1) is 24.7. The number of carboxylic acids is 2. The van der Waals surface area contributed by atoms with E-state index in [0.717, 1.165) is 56.5 Å². The van der Waals surface area contributed by atoms with Gasteiger partial charge in [0.1, 0.15) is 4.70 Å². The normalized spacial score (nSPS) is 20.8. The lowest BCUT2D eigenvalue weighted by Crippen LogP contribution is -2.39. The number of aromatic nitrogens is 1. The summed E-state index contributed by atoms with van der Waals surface area (Å²) < 4.78 is 2.96. The van der Waals surface area contributed by atoms with Crippen molar-refractivity contribution in [1.82, 2.24) is 0 Å². The smallest absolute Gasteiger partial charge is 0.370 e. The fraction of sp³-hybridized carbons (Fsp3) is 0.233. The van der Waals surface area contributed by atoms with E-state index < -0.39 is 11.9 Å². The van der Waals surface area contributed by atoms with E-state index in [9.17, 15) is 19.8 Å². The number of rotatable bonds is 6. The standard InChI is InChI=1S/C30H26N2O4S2/c33-29(34)17-31-23-5-1-3-7-25(23)37-27(31)15-19-9-11-21-12-10-20(14-22(21)13-19)16-28-32(18-30(35)36)24-6-2-4-8-26(24)38-28/h1-8,13-16,21H,9-12,17-18H2,(H-,33,34,35,36). The highest BCUT2D eigenvalue weighted by Gasteiger charge is 2.28. The van der Waals surface area contributed by atoms with Crippen LogP contribution in [0, 0.1) is 5.92 Å². The van der Waals surface area contributed by atoms with Gasteiger partial charge < -0.3 is 19.9 Å². The molecule has 0 saturated heterocycles. The van der Waals surface area contributed by atoms with Crippen molar-refractivity contribution < 1.29 is 24.4 Å². The van der Waals surface area contributed by atoms with Crippen molar-refractivity contribution >= 4 is 57.0 Å². The molecule has 0 saturated carbocycles. The minimum absolute atomic E-state index is 0.0671. The molecule has 6 nitrogen and oxygen atoms in total. The number of carbonyl (C=O) groups is 2. The molecule has 6 rings (SSSR count). The molecule has 0 spiro atoms. The quantitative estimate of drug-likeness (QED) is 0.446. The van der Waals surface area contributed by atoms with Gasteiger partial charge in [0.2, 0.25) is 12.1 Å². The fourth-order valence-electron chi connectivity index (χ4n) is 5.47. The third kappa shape index (κ3) is 4.93. The van der Waals surface area contributed by atoms with Crippen LogP contribution in [0.2, 0.25) is 0 Å². The van der Waals surface area contributed by atoms with E-state index in [-0.39, 0.29) is 13.1 Å². The second-order valence-electron chi connectivity index (χ2n) is 9.76. The Hall–Kier alpha value is -3.62. The Morgan fingerprint density at radius 2 is 1.84 bits per heavy atom. The van der Waals surface area contributed by atoms with Crippen LogP contribution in [-0.2, 0) is 16.1 Å². The van der Waals surface area contributed by atoms with E-state index in [0.29, 0.717) is 5.92 Å². The number of aliphatic carboxylic acids is 2. The maximum absolute atomic E-state index is 11.6. The number of hydrogen-bond donors (Lipinski definition) is 1. The Labute approximate surface area is 228 Å². The molecule has 1 N–H and O–H groups in total. The highest BCUT2D eigenvalue weighted by Crippen LogP contribution is 2.47. The van der Waals surface area contributed by atoms with Crippen LogP contribution < -0.4 is 14.6 Å². The van der Waals surface area contributed by atoms with Gasteiger partial charge in [0.15, 0.2) is 0 Å². The van der Waals surface area contributed by atoms with Gasteiger partial charge in [-0.15, -0.1) is 0 Å². The summed E-state index contributed by atoms with van der Waals surface area (Å²) in [6.07, 6.45) is 12.8. The molecule has 3 aromatic rings. The lowest BCUT2D eigenvalue weighted by atomic mass is 9.77. The molecule has 0 radical (unpaired) electrons. The van der Waals surface area contributed by atoms with Crippen LogP contribution in [0.3, 0.4) is 0 Å². The summed E-state index contributed by atoms with van der Waals surface area (Å²) in [5.41, 5.74) is 5.53. The van der Waals surface area contributed by atoms with Crippen molar-refractivity contribution in [2.24, 2.45) is 5.92 Å². The average Bonchev–Trinajstić information content (AvgIpc) is 3.40. The second kappa shape index (κ2) is 10.3. The molecule has 0 amide bonds. The van der Waals surface area contributed by atoms with Crippen molar-refractivity contribution in [3.8, 4) is 0 Å². The molecule has 2 aromatic carbocycles. The van der Waals surface area contributed by atoms with E-state index in [1.54, 1.807) is 23.1 Å². The van der Waals surface area contributed by atoms with Gasteiger partial charge in [-0.05, 0) is 72.6 Å². The monoisotopic (exact) mass is 542 g/mol. The molecule has 8 heteroatoms. The number of allylic oxidation sites excluding steroid dienone is 6. The highest BCUT2D eigenvalue weighted by atomic mass is 32.2. The summed E-state index contributed by atoms with van der Waals surface area (Å²) in [6.45, 7) is -0.241. The van der Waals surface area contributed by atoms with Crippen LogP contribution in [0.25, 0.3) is 16.3 Å². The first-order valence-corrected chi connectivity index (χ1v) is 14.3. The van der Waals surface area contributed by atoms with Crippen LogP contribution in [0.4, 0.5) is 5.69 Å². The van der Waals surface area contributed by atoms with Gasteiger partial charge in [-0.3, -0.25) is 0 Å². The maximum Gasteiger partial charge on any atom is 0.370 e. The first-order chi connectivity index (χ1) is 18.4. The molecule has 192 valence electrons. The lowest BCUT2D eigenvalue weighted by Gasteiger charge is -2.28. The van der Waals surface area contributed by atoms with Crippen LogP contribution in [0.5, 0.6) is 0 Å². The van der Waals surface area contributed by atoms with Gasteiger partial charge in [-0.1, -0.05) is 59.5 Å². The molecule has 3 aliphatic rings. The van der Waals surface area contributed by atoms with E-state index in [2.05, 4.69) is 24.3 Å². The number of anilines is 1. The van der Waals surface area contributed by atoms with Crippen LogP contribution >= 0.6 is 23.1 Å². The van der Waals surface area contributed by atoms with Crippen molar-refractivity contribution in [2.45, 2.75) is 37.1 Å². The summed E-state index contributed by atoms with van der Waals surface area (Å²) in [7, 11) is 0. The van der Waals surface area contributed by atoms with E-state index in [1.165, 1.54) is 16.7 Å². The Morgan fingerprint density at radius 3 is 2.68 bits per heavy atom. The second-order valence-corrected chi connectivity index (χ2v) is 11.9. The Kier molecular flexibility index (Phi) is 6.68. The van der Waals surface area contributed by atoms with Crippen LogP contribution in [-0.4, -0.2) is 23.6 Å². The SMILES string of the molecule is O=C([O-])CN1C(=CC2=CC3=CC(=Cc4sc5ccccc5[n+]4CC(=O)O)CCC3CC2)Sc2ccccc21. The number of fused-ring (bicyclic) bond motifs is 3. The minimum Gasteiger partial charge on any atom is -0.548 e. The minimum atomic E-state index is -1.10. The van der Waals surface area contributed by atoms with Crippen LogP contribution in [0.15, 0.2) is 93.4 Å². The summed E-state index contributed by atoms with van der Waals surface area (Å²) in [6, 6.07) is 15.8. The highest BCUT2D eigenvalue weighted by molar-refractivity contribution is 8.03. The molecule has 1 aliphatic heterocycles. The van der Waals surface area contributed by atoms with Crippen molar-refractivity contribution in [3.63, 3.8) is 0 Å². The Morgan fingerprint density at radius 1 is 1.05 bits per heavy atom. The van der Waals surface area contributed by atoms with E-state index in [4.69, 9.17) is 0 Å².